The molecule has 2 fully saturated rings. The van der Waals surface area contributed by atoms with Gasteiger partial charge < -0.3 is 4.90 Å². The zero-order valence-electron chi connectivity index (χ0n) is 15.3. The summed E-state index contributed by atoms with van der Waals surface area (Å²) in [5.41, 5.74) is 2.64. The van der Waals surface area contributed by atoms with Crippen LogP contribution in [0.3, 0.4) is 0 Å². The van der Waals surface area contributed by atoms with Gasteiger partial charge in [-0.1, -0.05) is 30.3 Å². The Morgan fingerprint density at radius 3 is 2.27 bits per heavy atom. The lowest BCUT2D eigenvalue weighted by atomic mass is 10.1. The molecule has 0 unspecified atom stereocenters. The first-order chi connectivity index (χ1) is 12.8. The number of nitrogens with zero attached hydrogens (tertiary/aromatic N) is 3. The molecule has 0 saturated carbocycles. The van der Waals surface area contributed by atoms with Crippen molar-refractivity contribution in [2.24, 2.45) is 0 Å². The van der Waals surface area contributed by atoms with Crippen LogP contribution in [0, 0.1) is 0 Å². The molecule has 5 heteroatoms. The molecule has 0 N–H and O–H groups in total. The third kappa shape index (κ3) is 4.34. The number of carbonyl (C=O) groups is 1. The summed E-state index contributed by atoms with van der Waals surface area (Å²) in [5.74, 6) is 0.312. The molecule has 1 aromatic carbocycles. The van der Waals surface area contributed by atoms with E-state index in [1.54, 1.807) is 11.3 Å². The normalized spacial score (nSPS) is 19.2. The quantitative estimate of drug-likeness (QED) is 0.810. The summed E-state index contributed by atoms with van der Waals surface area (Å²) in [6.07, 6.45) is 2.48. The van der Waals surface area contributed by atoms with Crippen LogP contribution in [0.4, 0.5) is 0 Å². The highest BCUT2D eigenvalue weighted by atomic mass is 32.1. The lowest BCUT2D eigenvalue weighted by Gasteiger charge is -2.35. The minimum Gasteiger partial charge on any atom is -0.339 e. The second-order valence-corrected chi connectivity index (χ2v) is 8.26. The predicted octanol–water partition coefficient (Wildman–Crippen LogP) is 3.16. The van der Waals surface area contributed by atoms with Crippen LogP contribution in [0.2, 0.25) is 0 Å². The van der Waals surface area contributed by atoms with Gasteiger partial charge in [0.1, 0.15) is 0 Å². The van der Waals surface area contributed by atoms with Crippen LogP contribution < -0.4 is 0 Å². The Kier molecular flexibility index (Phi) is 5.68. The summed E-state index contributed by atoms with van der Waals surface area (Å²) in [4.78, 5) is 20.6. The van der Waals surface area contributed by atoms with Gasteiger partial charge in [0.15, 0.2) is 0 Å². The van der Waals surface area contributed by atoms with E-state index in [1.807, 2.05) is 0 Å². The smallest absolute Gasteiger partial charge is 0.236 e. The molecular weight excluding hydrogens is 342 g/mol. The number of thiophene rings is 1. The Morgan fingerprint density at radius 1 is 0.885 bits per heavy atom. The minimum atomic E-state index is 0.312. The average molecular weight is 370 g/mol. The lowest BCUT2D eigenvalue weighted by Crippen LogP contribution is -2.50. The monoisotopic (exact) mass is 369 g/mol. The van der Waals surface area contributed by atoms with Gasteiger partial charge in [0.05, 0.1) is 6.54 Å². The molecule has 1 amide bonds. The molecular formula is C21H27N3OS. The molecule has 2 aliphatic heterocycles. The number of carbonyl (C=O) groups excluding carboxylic acids is 1. The van der Waals surface area contributed by atoms with Crippen molar-refractivity contribution in [2.75, 3.05) is 45.8 Å². The van der Waals surface area contributed by atoms with Crippen LogP contribution in [0.5, 0.6) is 0 Å². The fourth-order valence-corrected chi connectivity index (χ4v) is 4.60. The number of piperazine rings is 1. The van der Waals surface area contributed by atoms with Crippen LogP contribution in [0.1, 0.15) is 18.4 Å². The van der Waals surface area contributed by atoms with Crippen molar-refractivity contribution >= 4 is 17.2 Å². The zero-order valence-corrected chi connectivity index (χ0v) is 16.1. The Morgan fingerprint density at radius 2 is 1.62 bits per heavy atom. The number of benzene rings is 1. The van der Waals surface area contributed by atoms with Gasteiger partial charge in [-0.05, 0) is 48.5 Å². The lowest BCUT2D eigenvalue weighted by molar-refractivity contribution is -0.134. The van der Waals surface area contributed by atoms with Crippen molar-refractivity contribution in [3.8, 4) is 10.4 Å². The standard InChI is InChI=1S/C21H27N3OS/c25-21(17-22-9-1-2-10-22)24-13-11-23(12-14-24)16-18-5-7-19(8-6-18)20-4-3-15-26-20/h3-8,15H,1-2,9-14,16-17H2. The summed E-state index contributed by atoms with van der Waals surface area (Å²) in [7, 11) is 0. The summed E-state index contributed by atoms with van der Waals surface area (Å²) in [5, 5.41) is 2.12. The number of hydrogen-bond acceptors (Lipinski definition) is 4. The topological polar surface area (TPSA) is 26.8 Å². The third-order valence-corrected chi connectivity index (χ3v) is 6.37. The van der Waals surface area contributed by atoms with E-state index < -0.39 is 0 Å². The number of amides is 1. The Labute approximate surface area is 160 Å². The zero-order chi connectivity index (χ0) is 17.8. The van der Waals surface area contributed by atoms with E-state index >= 15 is 0 Å². The largest absolute Gasteiger partial charge is 0.339 e. The highest BCUT2D eigenvalue weighted by molar-refractivity contribution is 7.13. The fourth-order valence-electron chi connectivity index (χ4n) is 3.86. The van der Waals surface area contributed by atoms with Crippen molar-refractivity contribution < 1.29 is 4.79 Å². The molecule has 1 aromatic heterocycles. The van der Waals surface area contributed by atoms with Crippen LogP contribution in [-0.2, 0) is 11.3 Å². The fraction of sp³-hybridized carbons (Fsp3) is 0.476. The highest BCUT2D eigenvalue weighted by Gasteiger charge is 2.23. The van der Waals surface area contributed by atoms with Gasteiger partial charge in [-0.15, -0.1) is 11.3 Å². The molecule has 0 spiro atoms. The molecule has 0 bridgehead atoms. The van der Waals surface area contributed by atoms with Gasteiger partial charge in [0, 0.05) is 37.6 Å². The third-order valence-electron chi connectivity index (χ3n) is 5.45. The SMILES string of the molecule is O=C(CN1CCCC1)N1CCN(Cc2ccc(-c3cccs3)cc2)CC1. The molecule has 26 heavy (non-hydrogen) atoms. The molecule has 0 atom stereocenters. The average Bonchev–Trinajstić information content (AvgIpc) is 3.37. The van der Waals surface area contributed by atoms with Gasteiger partial charge in [-0.2, -0.15) is 0 Å². The first-order valence-corrected chi connectivity index (χ1v) is 10.5. The number of rotatable bonds is 5. The summed E-state index contributed by atoms with van der Waals surface area (Å²) < 4.78 is 0. The second kappa shape index (κ2) is 8.33. The van der Waals surface area contributed by atoms with E-state index in [0.717, 1.165) is 45.8 Å². The van der Waals surface area contributed by atoms with E-state index in [-0.39, 0.29) is 0 Å². The molecule has 0 aliphatic carbocycles. The summed E-state index contributed by atoms with van der Waals surface area (Å²) >= 11 is 1.78. The van der Waals surface area contributed by atoms with Crippen molar-refractivity contribution in [2.45, 2.75) is 19.4 Å². The molecule has 2 aliphatic rings. The molecule has 2 aromatic rings. The highest BCUT2D eigenvalue weighted by Crippen LogP contribution is 2.25. The van der Waals surface area contributed by atoms with E-state index in [0.29, 0.717) is 12.5 Å². The molecule has 4 nitrogen and oxygen atoms in total. The van der Waals surface area contributed by atoms with Crippen LogP contribution in [0.25, 0.3) is 10.4 Å². The number of hydrogen-bond donors (Lipinski definition) is 0. The van der Waals surface area contributed by atoms with Crippen molar-refractivity contribution in [3.63, 3.8) is 0 Å². The van der Waals surface area contributed by atoms with Crippen molar-refractivity contribution in [1.82, 2.24) is 14.7 Å². The van der Waals surface area contributed by atoms with Gasteiger partial charge in [0.2, 0.25) is 5.91 Å². The number of likely N-dealkylation sites (tertiary alicyclic amines) is 1. The van der Waals surface area contributed by atoms with Gasteiger partial charge in [0.25, 0.3) is 0 Å². The molecule has 4 rings (SSSR count). The maximum Gasteiger partial charge on any atom is 0.236 e. The van der Waals surface area contributed by atoms with Crippen LogP contribution in [-0.4, -0.2) is 66.4 Å². The van der Waals surface area contributed by atoms with Crippen molar-refractivity contribution in [1.29, 1.82) is 0 Å². The van der Waals surface area contributed by atoms with Gasteiger partial charge in [-0.25, -0.2) is 0 Å². The van der Waals surface area contributed by atoms with E-state index in [4.69, 9.17) is 0 Å². The van der Waals surface area contributed by atoms with Crippen LogP contribution in [0.15, 0.2) is 41.8 Å². The van der Waals surface area contributed by atoms with Crippen LogP contribution >= 0.6 is 11.3 Å². The maximum absolute atomic E-state index is 12.4. The first-order valence-electron chi connectivity index (χ1n) is 9.63. The molecule has 2 saturated heterocycles. The predicted molar refractivity (Wildman–Crippen MR) is 107 cm³/mol. The van der Waals surface area contributed by atoms with Crippen molar-refractivity contribution in [3.05, 3.63) is 47.3 Å². The Hall–Kier alpha value is -1.69. The molecule has 138 valence electrons. The summed E-state index contributed by atoms with van der Waals surface area (Å²) in [6.45, 7) is 7.43. The Bertz CT molecular complexity index is 699. The molecule has 0 radical (unpaired) electrons. The maximum atomic E-state index is 12.4. The molecule has 3 heterocycles. The minimum absolute atomic E-state index is 0.312. The van der Waals surface area contributed by atoms with Gasteiger partial charge >= 0.3 is 0 Å². The Balaban J connectivity index is 1.25. The van der Waals surface area contributed by atoms with Gasteiger partial charge in [-0.3, -0.25) is 14.6 Å². The van der Waals surface area contributed by atoms with E-state index in [9.17, 15) is 4.79 Å². The van der Waals surface area contributed by atoms with E-state index in [2.05, 4.69) is 56.5 Å². The second-order valence-electron chi connectivity index (χ2n) is 7.31. The summed E-state index contributed by atoms with van der Waals surface area (Å²) in [6, 6.07) is 13.2. The first kappa shape index (κ1) is 17.7. The van der Waals surface area contributed by atoms with E-state index in [1.165, 1.54) is 28.8 Å².